The van der Waals surface area contributed by atoms with Gasteiger partial charge in [0.05, 0.1) is 40.0 Å². The Balaban J connectivity index is 1.59. The minimum Gasteiger partial charge on any atom is -0.319 e. The molecule has 2 heterocycles. The lowest BCUT2D eigenvalue weighted by molar-refractivity contribution is 0.102. The van der Waals surface area contributed by atoms with Crippen LogP contribution in [-0.4, -0.2) is 20.7 Å². The maximum Gasteiger partial charge on any atom is 0.256 e. The second-order valence-corrected chi connectivity index (χ2v) is 8.12. The van der Waals surface area contributed by atoms with E-state index in [4.69, 9.17) is 16.6 Å². The van der Waals surface area contributed by atoms with Gasteiger partial charge in [0.2, 0.25) is 0 Å². The normalized spacial score (nSPS) is 11.1. The first-order valence-corrected chi connectivity index (χ1v) is 10.8. The van der Waals surface area contributed by atoms with Gasteiger partial charge < -0.3 is 5.32 Å². The minimum atomic E-state index is -0.629. The molecule has 0 radical (unpaired) electrons. The molecule has 0 fully saturated rings. The van der Waals surface area contributed by atoms with E-state index in [1.165, 1.54) is 24.3 Å². The number of anilines is 1. The van der Waals surface area contributed by atoms with Crippen molar-refractivity contribution in [1.29, 1.82) is 0 Å². The number of nitrogens with zero attached hydrogens (tertiary/aromatic N) is 3. The lowest BCUT2D eigenvalue weighted by Gasteiger charge is -2.11. The van der Waals surface area contributed by atoms with Crippen molar-refractivity contribution in [3.05, 3.63) is 107 Å². The lowest BCUT2D eigenvalue weighted by Crippen LogP contribution is -2.14. The third-order valence-corrected chi connectivity index (χ3v) is 5.73. The van der Waals surface area contributed by atoms with Crippen LogP contribution < -0.4 is 5.32 Å². The zero-order valence-electron chi connectivity index (χ0n) is 17.9. The highest BCUT2D eigenvalue weighted by Gasteiger charge is 2.18. The van der Waals surface area contributed by atoms with Gasteiger partial charge in [0, 0.05) is 16.0 Å². The monoisotopic (exact) mass is 474 g/mol. The third-order valence-electron chi connectivity index (χ3n) is 5.50. The molecule has 0 unspecified atom stereocenters. The number of rotatable bonds is 4. The number of amides is 1. The first-order valence-electron chi connectivity index (χ1n) is 10.4. The Morgan fingerprint density at radius 3 is 2.53 bits per heavy atom. The van der Waals surface area contributed by atoms with Crippen LogP contribution in [0.15, 0.2) is 79.0 Å². The predicted molar refractivity (Wildman–Crippen MR) is 128 cm³/mol. The molecule has 0 aliphatic rings. The summed E-state index contributed by atoms with van der Waals surface area (Å²) in [5, 5.41) is 7.91. The molecule has 0 saturated heterocycles. The van der Waals surface area contributed by atoms with Gasteiger partial charge in [-0.3, -0.25) is 4.79 Å². The summed E-state index contributed by atoms with van der Waals surface area (Å²) >= 11 is 5.82. The lowest BCUT2D eigenvalue weighted by atomic mass is 10.0. The van der Waals surface area contributed by atoms with Gasteiger partial charge in [-0.15, -0.1) is 0 Å². The molecule has 8 heteroatoms. The van der Waals surface area contributed by atoms with Gasteiger partial charge in [0.15, 0.2) is 0 Å². The molecule has 5 nitrogen and oxygen atoms in total. The van der Waals surface area contributed by atoms with Crippen LogP contribution in [0.1, 0.15) is 16.1 Å². The van der Waals surface area contributed by atoms with Crippen LogP contribution in [0.25, 0.3) is 27.8 Å². The molecule has 0 saturated carbocycles. The Morgan fingerprint density at radius 1 is 1.00 bits per heavy atom. The van der Waals surface area contributed by atoms with Gasteiger partial charge in [0.25, 0.3) is 5.91 Å². The van der Waals surface area contributed by atoms with Crippen molar-refractivity contribution in [2.24, 2.45) is 0 Å². The topological polar surface area (TPSA) is 59.8 Å². The molecule has 3 aromatic carbocycles. The number of para-hydroxylation sites is 1. The van der Waals surface area contributed by atoms with E-state index in [2.05, 4.69) is 10.4 Å². The molecule has 1 N–H and O–H groups in total. The van der Waals surface area contributed by atoms with Crippen LogP contribution in [0.3, 0.4) is 0 Å². The van der Waals surface area contributed by atoms with Gasteiger partial charge in [0.1, 0.15) is 11.6 Å². The first-order chi connectivity index (χ1) is 16.4. The van der Waals surface area contributed by atoms with E-state index in [-0.39, 0.29) is 16.5 Å². The first kappa shape index (κ1) is 21.7. The fourth-order valence-corrected chi connectivity index (χ4v) is 3.94. The summed E-state index contributed by atoms with van der Waals surface area (Å²) in [6.07, 6.45) is 1.65. The van der Waals surface area contributed by atoms with Gasteiger partial charge in [-0.05, 0) is 61.5 Å². The van der Waals surface area contributed by atoms with E-state index < -0.39 is 11.7 Å². The van der Waals surface area contributed by atoms with Crippen LogP contribution in [0, 0.1) is 18.6 Å². The standard InChI is InChI=1S/C26H17ClF2N4O/c1-15-21(14-30-33(15)18-9-7-17(28)8-10-18)25-13-20(19-4-2-3-5-23(19)31-25)26(34)32-24-11-6-16(27)12-22(24)29/h2-14H,1H3,(H,32,34). The van der Waals surface area contributed by atoms with Crippen LogP contribution in [0.2, 0.25) is 5.02 Å². The molecular formula is C26H17ClF2N4O. The molecule has 0 spiro atoms. The number of halogens is 3. The van der Waals surface area contributed by atoms with Crippen molar-refractivity contribution in [2.75, 3.05) is 5.32 Å². The number of aromatic nitrogens is 3. The van der Waals surface area contributed by atoms with E-state index in [9.17, 15) is 13.6 Å². The van der Waals surface area contributed by atoms with E-state index in [0.717, 1.165) is 11.8 Å². The molecule has 5 aromatic rings. The van der Waals surface area contributed by atoms with Crippen molar-refractivity contribution >= 4 is 34.1 Å². The Bertz CT molecular complexity index is 1550. The molecule has 2 aromatic heterocycles. The predicted octanol–water partition coefficient (Wildman–Crippen LogP) is 6.58. The third kappa shape index (κ3) is 4.02. The summed E-state index contributed by atoms with van der Waals surface area (Å²) < 4.78 is 29.3. The number of hydrogen-bond acceptors (Lipinski definition) is 3. The van der Waals surface area contributed by atoms with Crippen LogP contribution in [-0.2, 0) is 0 Å². The van der Waals surface area contributed by atoms with Gasteiger partial charge in [-0.1, -0.05) is 29.8 Å². The number of fused-ring (bicyclic) bond motifs is 1. The highest BCUT2D eigenvalue weighted by atomic mass is 35.5. The van der Waals surface area contributed by atoms with Crippen LogP contribution in [0.5, 0.6) is 0 Å². The van der Waals surface area contributed by atoms with Crippen LogP contribution in [0.4, 0.5) is 14.5 Å². The Hall–Kier alpha value is -4.10. The summed E-state index contributed by atoms with van der Waals surface area (Å²) in [5.41, 5.74) is 3.68. The maximum absolute atomic E-state index is 14.3. The summed E-state index contributed by atoms with van der Waals surface area (Å²) in [6.45, 7) is 1.87. The molecule has 0 bridgehead atoms. The van der Waals surface area contributed by atoms with Gasteiger partial charge in [-0.2, -0.15) is 5.10 Å². The SMILES string of the molecule is Cc1c(-c2cc(C(=O)Nc3ccc(Cl)cc3F)c3ccccc3n2)cnn1-c1ccc(F)cc1. The summed E-state index contributed by atoms with van der Waals surface area (Å²) in [6, 6.07) is 18.9. The quantitative estimate of drug-likeness (QED) is 0.320. The number of hydrogen-bond donors (Lipinski definition) is 1. The second kappa shape index (κ2) is 8.68. The van der Waals surface area contributed by atoms with E-state index in [1.807, 2.05) is 13.0 Å². The summed E-state index contributed by atoms with van der Waals surface area (Å²) in [7, 11) is 0. The van der Waals surface area contributed by atoms with E-state index in [1.54, 1.807) is 47.3 Å². The fraction of sp³-hybridized carbons (Fsp3) is 0.0385. The second-order valence-electron chi connectivity index (χ2n) is 7.68. The number of pyridine rings is 1. The minimum absolute atomic E-state index is 0.0251. The van der Waals surface area contributed by atoms with Crippen molar-refractivity contribution in [3.63, 3.8) is 0 Å². The van der Waals surface area contributed by atoms with Crippen molar-refractivity contribution in [3.8, 4) is 16.9 Å². The Kier molecular flexibility index (Phi) is 5.55. The Labute approximate surface area is 198 Å². The molecular weight excluding hydrogens is 458 g/mol. The summed E-state index contributed by atoms with van der Waals surface area (Å²) in [4.78, 5) is 17.9. The zero-order valence-corrected chi connectivity index (χ0v) is 18.6. The number of carbonyl (C=O) groups excluding carboxylic acids is 1. The largest absolute Gasteiger partial charge is 0.319 e. The summed E-state index contributed by atoms with van der Waals surface area (Å²) in [5.74, 6) is -1.45. The highest BCUT2D eigenvalue weighted by molar-refractivity contribution is 6.30. The molecule has 168 valence electrons. The Morgan fingerprint density at radius 2 is 1.76 bits per heavy atom. The van der Waals surface area contributed by atoms with E-state index in [0.29, 0.717) is 33.4 Å². The zero-order chi connectivity index (χ0) is 23.8. The van der Waals surface area contributed by atoms with Gasteiger partial charge in [-0.25, -0.2) is 18.4 Å². The molecule has 34 heavy (non-hydrogen) atoms. The molecule has 0 aliphatic heterocycles. The van der Waals surface area contributed by atoms with Crippen molar-refractivity contribution in [1.82, 2.24) is 14.8 Å². The van der Waals surface area contributed by atoms with Crippen molar-refractivity contribution < 1.29 is 13.6 Å². The average molecular weight is 475 g/mol. The molecule has 0 atom stereocenters. The number of nitrogens with one attached hydrogen (secondary N) is 1. The fourth-order valence-electron chi connectivity index (χ4n) is 3.79. The molecule has 0 aliphatic carbocycles. The van der Waals surface area contributed by atoms with Gasteiger partial charge >= 0.3 is 0 Å². The van der Waals surface area contributed by atoms with Crippen molar-refractivity contribution in [2.45, 2.75) is 6.92 Å². The van der Waals surface area contributed by atoms with E-state index >= 15 is 0 Å². The number of carbonyl (C=O) groups is 1. The molecule has 1 amide bonds. The highest BCUT2D eigenvalue weighted by Crippen LogP contribution is 2.29. The van der Waals surface area contributed by atoms with Crippen LogP contribution >= 0.6 is 11.6 Å². The smallest absolute Gasteiger partial charge is 0.256 e. The average Bonchev–Trinajstić information content (AvgIpc) is 3.21. The number of benzene rings is 3. The maximum atomic E-state index is 14.3. The molecule has 5 rings (SSSR count).